The van der Waals surface area contributed by atoms with Gasteiger partial charge in [-0.1, -0.05) is 15.9 Å². The molecule has 15 heavy (non-hydrogen) atoms. The van der Waals surface area contributed by atoms with Crippen LogP contribution in [0.25, 0.3) is 0 Å². The fourth-order valence-electron chi connectivity index (χ4n) is 1.00. The predicted octanol–water partition coefficient (Wildman–Crippen LogP) is 0.943. The van der Waals surface area contributed by atoms with E-state index < -0.39 is 5.97 Å². The summed E-state index contributed by atoms with van der Waals surface area (Å²) in [5.41, 5.74) is 1.02. The third kappa shape index (κ3) is 3.17. The second-order valence-corrected chi connectivity index (χ2v) is 3.57. The highest BCUT2D eigenvalue weighted by atomic mass is 79.9. The lowest BCUT2D eigenvalue weighted by molar-refractivity contribution is 0.0594. The Balaban J connectivity index is 2.76. The van der Waals surface area contributed by atoms with E-state index in [0.29, 0.717) is 6.54 Å². The summed E-state index contributed by atoms with van der Waals surface area (Å²) in [5.74, 6) is 5.26. The zero-order chi connectivity index (χ0) is 11.3. The van der Waals surface area contributed by atoms with Crippen LogP contribution in [0.4, 0.5) is 5.69 Å². The molecule has 6 heteroatoms. The first kappa shape index (κ1) is 11.9. The second kappa shape index (κ2) is 5.67. The van der Waals surface area contributed by atoms with Gasteiger partial charge in [0.25, 0.3) is 0 Å². The third-order valence-electron chi connectivity index (χ3n) is 1.80. The van der Waals surface area contributed by atoms with E-state index in [-0.39, 0.29) is 5.69 Å². The molecule has 0 atom stereocenters. The summed E-state index contributed by atoms with van der Waals surface area (Å²) in [6, 6.07) is 3.30. The average Bonchev–Trinajstić information content (AvgIpc) is 2.28. The first-order valence-electron chi connectivity index (χ1n) is 4.31. The number of aromatic nitrogens is 1. The molecule has 2 N–H and O–H groups in total. The maximum atomic E-state index is 11.1. The van der Waals surface area contributed by atoms with Crippen molar-refractivity contribution in [1.29, 1.82) is 0 Å². The number of carbonyl (C=O) groups excluding carboxylic acids is 1. The normalized spacial score (nSPS) is 9.80. The SMILES string of the molecule is COC(=O)c1ccc(N(N)CCBr)cn1. The van der Waals surface area contributed by atoms with Crippen molar-refractivity contribution in [3.05, 3.63) is 24.0 Å². The minimum Gasteiger partial charge on any atom is -0.464 e. The highest BCUT2D eigenvalue weighted by Crippen LogP contribution is 2.10. The Morgan fingerprint density at radius 2 is 2.40 bits per heavy atom. The number of alkyl halides is 1. The van der Waals surface area contributed by atoms with Gasteiger partial charge in [-0.15, -0.1) is 0 Å². The van der Waals surface area contributed by atoms with E-state index in [0.717, 1.165) is 11.0 Å². The number of pyridine rings is 1. The van der Waals surface area contributed by atoms with Gasteiger partial charge in [-0.25, -0.2) is 15.6 Å². The van der Waals surface area contributed by atoms with Crippen molar-refractivity contribution in [2.45, 2.75) is 0 Å². The lowest BCUT2D eigenvalue weighted by Crippen LogP contribution is -2.32. The Labute approximate surface area is 96.3 Å². The van der Waals surface area contributed by atoms with Gasteiger partial charge in [-0.2, -0.15) is 0 Å². The molecule has 1 aromatic rings. The summed E-state index contributed by atoms with van der Waals surface area (Å²) in [6.07, 6.45) is 1.54. The molecule has 0 aromatic carbocycles. The van der Waals surface area contributed by atoms with E-state index in [4.69, 9.17) is 5.84 Å². The van der Waals surface area contributed by atoms with Gasteiger partial charge in [-0.05, 0) is 12.1 Å². The summed E-state index contributed by atoms with van der Waals surface area (Å²) < 4.78 is 4.53. The van der Waals surface area contributed by atoms with E-state index in [1.54, 1.807) is 17.1 Å². The smallest absolute Gasteiger partial charge is 0.356 e. The zero-order valence-corrected chi connectivity index (χ0v) is 9.90. The molecule has 0 bridgehead atoms. The lowest BCUT2D eigenvalue weighted by Gasteiger charge is -2.16. The summed E-state index contributed by atoms with van der Waals surface area (Å²) in [5, 5.41) is 2.31. The molecule has 0 aliphatic rings. The molecule has 0 amide bonds. The Bertz CT molecular complexity index is 329. The molecule has 0 aliphatic heterocycles. The van der Waals surface area contributed by atoms with Crippen molar-refractivity contribution >= 4 is 27.6 Å². The van der Waals surface area contributed by atoms with Crippen molar-refractivity contribution in [3.63, 3.8) is 0 Å². The minimum absolute atomic E-state index is 0.272. The van der Waals surface area contributed by atoms with Crippen molar-refractivity contribution < 1.29 is 9.53 Å². The Kier molecular flexibility index (Phi) is 4.51. The number of methoxy groups -OCH3 is 1. The van der Waals surface area contributed by atoms with Crippen LogP contribution in [0, 0.1) is 0 Å². The summed E-state index contributed by atoms with van der Waals surface area (Å²) >= 11 is 3.28. The number of carbonyl (C=O) groups is 1. The summed E-state index contributed by atoms with van der Waals surface area (Å²) in [6.45, 7) is 0.666. The van der Waals surface area contributed by atoms with Crippen LogP contribution >= 0.6 is 15.9 Å². The van der Waals surface area contributed by atoms with E-state index in [1.165, 1.54) is 13.3 Å². The van der Waals surface area contributed by atoms with Crippen LogP contribution in [-0.2, 0) is 4.74 Å². The topological polar surface area (TPSA) is 68.5 Å². The van der Waals surface area contributed by atoms with Crippen LogP contribution in [0.15, 0.2) is 18.3 Å². The molecule has 1 heterocycles. The van der Waals surface area contributed by atoms with Gasteiger partial charge >= 0.3 is 5.97 Å². The maximum Gasteiger partial charge on any atom is 0.356 e. The number of ether oxygens (including phenoxy) is 1. The molecule has 0 spiro atoms. The Morgan fingerprint density at radius 1 is 1.67 bits per heavy atom. The molecule has 0 saturated heterocycles. The quantitative estimate of drug-likeness (QED) is 0.383. The van der Waals surface area contributed by atoms with Crippen molar-refractivity contribution in [2.75, 3.05) is 24.0 Å². The van der Waals surface area contributed by atoms with Gasteiger partial charge in [0.2, 0.25) is 0 Å². The van der Waals surface area contributed by atoms with Gasteiger partial charge < -0.3 is 9.75 Å². The van der Waals surface area contributed by atoms with Gasteiger partial charge in [-0.3, -0.25) is 0 Å². The highest BCUT2D eigenvalue weighted by Gasteiger charge is 2.07. The van der Waals surface area contributed by atoms with Crippen LogP contribution in [0.2, 0.25) is 0 Å². The maximum absolute atomic E-state index is 11.1. The van der Waals surface area contributed by atoms with Gasteiger partial charge in [0.1, 0.15) is 5.69 Å². The molecule has 0 saturated carbocycles. The number of halogens is 1. The van der Waals surface area contributed by atoms with Crippen molar-refractivity contribution in [1.82, 2.24) is 4.98 Å². The molecule has 0 fully saturated rings. The Morgan fingerprint density at radius 3 is 2.87 bits per heavy atom. The van der Waals surface area contributed by atoms with Crippen LogP contribution in [-0.4, -0.2) is 29.9 Å². The molecule has 1 aromatic heterocycles. The number of hydrogen-bond acceptors (Lipinski definition) is 5. The third-order valence-corrected chi connectivity index (χ3v) is 2.15. The molecule has 5 nitrogen and oxygen atoms in total. The number of nitrogens with two attached hydrogens (primary N) is 1. The van der Waals surface area contributed by atoms with Crippen molar-refractivity contribution in [3.8, 4) is 0 Å². The molecular formula is C9H12BrN3O2. The minimum atomic E-state index is -0.453. The van der Waals surface area contributed by atoms with Crippen molar-refractivity contribution in [2.24, 2.45) is 5.84 Å². The second-order valence-electron chi connectivity index (χ2n) is 2.78. The lowest BCUT2D eigenvalue weighted by atomic mass is 10.3. The summed E-state index contributed by atoms with van der Waals surface area (Å²) in [4.78, 5) is 15.0. The average molecular weight is 274 g/mol. The van der Waals surface area contributed by atoms with Gasteiger partial charge in [0, 0.05) is 11.9 Å². The Hall–Kier alpha value is -1.14. The predicted molar refractivity (Wildman–Crippen MR) is 60.9 cm³/mol. The number of hydrogen-bond donors (Lipinski definition) is 1. The number of rotatable bonds is 4. The summed E-state index contributed by atoms with van der Waals surface area (Å²) in [7, 11) is 1.32. The molecular weight excluding hydrogens is 262 g/mol. The fraction of sp³-hybridized carbons (Fsp3) is 0.333. The highest BCUT2D eigenvalue weighted by molar-refractivity contribution is 9.09. The number of nitrogens with zero attached hydrogens (tertiary/aromatic N) is 2. The number of hydrazine groups is 1. The first-order valence-corrected chi connectivity index (χ1v) is 5.43. The van der Waals surface area contributed by atoms with Crippen LogP contribution in [0.3, 0.4) is 0 Å². The number of anilines is 1. The zero-order valence-electron chi connectivity index (χ0n) is 8.31. The molecule has 0 radical (unpaired) electrons. The molecule has 0 unspecified atom stereocenters. The molecule has 1 rings (SSSR count). The standard InChI is InChI=1S/C9H12BrN3O2/c1-15-9(14)8-3-2-7(6-12-8)13(11)5-4-10/h2-3,6H,4-5,11H2,1H3. The van der Waals surface area contributed by atoms with E-state index in [2.05, 4.69) is 25.7 Å². The van der Waals surface area contributed by atoms with Crippen LogP contribution in [0.5, 0.6) is 0 Å². The largest absolute Gasteiger partial charge is 0.464 e. The monoisotopic (exact) mass is 273 g/mol. The van der Waals surface area contributed by atoms with E-state index in [9.17, 15) is 4.79 Å². The molecule has 82 valence electrons. The van der Waals surface area contributed by atoms with Crippen LogP contribution < -0.4 is 10.9 Å². The molecule has 0 aliphatic carbocycles. The van der Waals surface area contributed by atoms with E-state index in [1.807, 2.05) is 0 Å². The fourth-order valence-corrected chi connectivity index (χ4v) is 1.38. The van der Waals surface area contributed by atoms with Gasteiger partial charge in [0.05, 0.1) is 19.0 Å². The number of esters is 1. The van der Waals surface area contributed by atoms with E-state index >= 15 is 0 Å². The first-order chi connectivity index (χ1) is 7.19. The van der Waals surface area contributed by atoms with Crippen LogP contribution in [0.1, 0.15) is 10.5 Å². The van der Waals surface area contributed by atoms with Gasteiger partial charge in [0.15, 0.2) is 0 Å².